The van der Waals surface area contributed by atoms with E-state index in [0.717, 1.165) is 12.8 Å². The van der Waals surface area contributed by atoms with Crippen molar-refractivity contribution in [3.05, 3.63) is 12.2 Å². The van der Waals surface area contributed by atoms with Gasteiger partial charge in [-0.15, -0.1) is 0 Å². The number of hydrogen-bond donors (Lipinski definition) is 2. The molecule has 0 bridgehead atoms. The molecule has 1 aliphatic rings. The zero-order valence-electron chi connectivity index (χ0n) is 7.90. The molecule has 1 aliphatic carbocycles. The van der Waals surface area contributed by atoms with Crippen LogP contribution in [-0.2, 0) is 11.3 Å². The number of carbonyl (C=O) groups is 1. The number of hydrogen-bond acceptors (Lipinski definition) is 5. The van der Waals surface area contributed by atoms with Crippen LogP contribution < -0.4 is 11.1 Å². The molecule has 3 N–H and O–H groups in total. The van der Waals surface area contributed by atoms with Gasteiger partial charge in [-0.05, 0) is 12.8 Å². The first-order valence-corrected chi connectivity index (χ1v) is 4.89. The summed E-state index contributed by atoms with van der Waals surface area (Å²) in [5, 5.41) is 6.25. The zero-order valence-corrected chi connectivity index (χ0v) is 8.71. The molecule has 1 saturated carbocycles. The topological polar surface area (TPSA) is 94.0 Å². The normalized spacial score (nSPS) is 17.1. The van der Waals surface area contributed by atoms with Crippen molar-refractivity contribution in [3.8, 4) is 0 Å². The minimum absolute atomic E-state index is 0.153. The minimum atomic E-state index is -0.626. The predicted octanol–water partition coefficient (Wildman–Crippen LogP) is -0.248. The van der Waals surface area contributed by atoms with Crippen LogP contribution in [0.25, 0.3) is 0 Å². The molecule has 0 unspecified atom stereocenters. The van der Waals surface area contributed by atoms with Gasteiger partial charge >= 0.3 is 0 Å². The molecule has 80 valence electrons. The first-order chi connectivity index (χ1) is 7.15. The third kappa shape index (κ3) is 1.82. The lowest BCUT2D eigenvalue weighted by molar-refractivity contribution is -0.124. The van der Waals surface area contributed by atoms with Crippen molar-refractivity contribution in [2.24, 2.45) is 11.1 Å². The van der Waals surface area contributed by atoms with Gasteiger partial charge in [0.15, 0.2) is 5.82 Å². The Balaban J connectivity index is 1.91. The average molecular weight is 226 g/mol. The number of nitrogens with two attached hydrogens (primary N) is 1. The summed E-state index contributed by atoms with van der Waals surface area (Å²) >= 11 is 4.85. The second-order valence-corrected chi connectivity index (χ2v) is 3.92. The van der Waals surface area contributed by atoms with Gasteiger partial charge in [0, 0.05) is 0 Å². The summed E-state index contributed by atoms with van der Waals surface area (Å²) in [5.74, 6) is 0.280. The Morgan fingerprint density at radius 2 is 2.47 bits per heavy atom. The van der Waals surface area contributed by atoms with Gasteiger partial charge in [-0.1, -0.05) is 17.4 Å². The summed E-state index contributed by atoms with van der Waals surface area (Å²) in [4.78, 5) is 15.7. The molecule has 0 radical (unpaired) electrons. The summed E-state index contributed by atoms with van der Waals surface area (Å²) in [6.45, 7) is 0.236. The van der Waals surface area contributed by atoms with E-state index in [1.807, 2.05) is 0 Å². The number of amides is 1. The van der Waals surface area contributed by atoms with E-state index in [0.29, 0.717) is 5.82 Å². The van der Waals surface area contributed by atoms with Crippen LogP contribution in [0.1, 0.15) is 18.7 Å². The van der Waals surface area contributed by atoms with Crippen LogP contribution in [0.5, 0.6) is 0 Å². The van der Waals surface area contributed by atoms with Crippen molar-refractivity contribution in [3.63, 3.8) is 0 Å². The molecule has 1 heterocycles. The van der Waals surface area contributed by atoms with Crippen LogP contribution in [0.4, 0.5) is 0 Å². The van der Waals surface area contributed by atoms with Crippen LogP contribution in [0.3, 0.4) is 0 Å². The molecule has 15 heavy (non-hydrogen) atoms. The second-order valence-electron chi connectivity index (χ2n) is 3.48. The number of aromatic nitrogens is 2. The molecule has 0 atom stereocenters. The molecule has 1 aromatic rings. The van der Waals surface area contributed by atoms with E-state index >= 15 is 0 Å². The van der Waals surface area contributed by atoms with E-state index in [2.05, 4.69) is 20.0 Å². The molecule has 0 saturated heterocycles. The van der Waals surface area contributed by atoms with Gasteiger partial charge in [0.25, 0.3) is 0 Å². The summed E-state index contributed by atoms with van der Waals surface area (Å²) in [6, 6.07) is 0. The highest BCUT2D eigenvalue weighted by atomic mass is 32.1. The molecular weight excluding hydrogens is 216 g/mol. The molecular formula is C8H10N4O2S. The van der Waals surface area contributed by atoms with Crippen LogP contribution in [-0.4, -0.2) is 21.0 Å². The molecule has 1 amide bonds. The number of nitrogens with zero attached hydrogens (tertiary/aromatic N) is 2. The Kier molecular flexibility index (Phi) is 2.39. The standard InChI is InChI=1S/C8H10N4O2S/c9-6(15)8(1-2-8)7(13)10-3-5-11-4-14-12-5/h4H,1-3H2,(H2,9,15)(H,10,13). The summed E-state index contributed by atoms with van der Waals surface area (Å²) < 4.78 is 4.53. The molecule has 1 fully saturated rings. The predicted molar refractivity (Wildman–Crippen MR) is 54.6 cm³/mol. The van der Waals surface area contributed by atoms with Gasteiger partial charge in [-0.25, -0.2) is 0 Å². The van der Waals surface area contributed by atoms with E-state index in [9.17, 15) is 4.79 Å². The lowest BCUT2D eigenvalue weighted by Crippen LogP contribution is -2.39. The van der Waals surface area contributed by atoms with E-state index in [-0.39, 0.29) is 17.4 Å². The molecule has 7 heteroatoms. The van der Waals surface area contributed by atoms with Crippen LogP contribution in [0.15, 0.2) is 10.9 Å². The van der Waals surface area contributed by atoms with E-state index in [1.165, 1.54) is 6.39 Å². The zero-order chi connectivity index (χ0) is 10.9. The monoisotopic (exact) mass is 226 g/mol. The highest BCUT2D eigenvalue weighted by Crippen LogP contribution is 2.46. The van der Waals surface area contributed by atoms with Gasteiger partial charge in [0.1, 0.15) is 0 Å². The van der Waals surface area contributed by atoms with E-state index in [4.69, 9.17) is 18.0 Å². The molecule has 0 spiro atoms. The maximum Gasteiger partial charge on any atom is 0.233 e. The minimum Gasteiger partial charge on any atom is -0.392 e. The van der Waals surface area contributed by atoms with Crippen LogP contribution in [0, 0.1) is 5.41 Å². The third-order valence-electron chi connectivity index (χ3n) is 2.47. The Hall–Kier alpha value is -1.50. The van der Waals surface area contributed by atoms with E-state index < -0.39 is 5.41 Å². The number of rotatable bonds is 4. The molecule has 0 aliphatic heterocycles. The van der Waals surface area contributed by atoms with Crippen molar-refractivity contribution < 1.29 is 9.32 Å². The summed E-state index contributed by atoms with van der Waals surface area (Å²) in [7, 11) is 0. The largest absolute Gasteiger partial charge is 0.392 e. The lowest BCUT2D eigenvalue weighted by atomic mass is 10.1. The van der Waals surface area contributed by atoms with Crippen LogP contribution >= 0.6 is 12.2 Å². The smallest absolute Gasteiger partial charge is 0.233 e. The quantitative estimate of drug-likeness (QED) is 0.688. The fraction of sp³-hybridized carbons (Fsp3) is 0.500. The Bertz CT molecular complexity index is 385. The molecule has 6 nitrogen and oxygen atoms in total. The van der Waals surface area contributed by atoms with Crippen molar-refractivity contribution >= 4 is 23.1 Å². The fourth-order valence-electron chi connectivity index (χ4n) is 1.31. The second kappa shape index (κ2) is 3.58. The molecule has 0 aromatic carbocycles. The van der Waals surface area contributed by atoms with Gasteiger partial charge < -0.3 is 15.6 Å². The molecule has 1 aromatic heterocycles. The molecule has 2 rings (SSSR count). The van der Waals surface area contributed by atoms with Crippen LogP contribution in [0.2, 0.25) is 0 Å². The van der Waals surface area contributed by atoms with E-state index in [1.54, 1.807) is 0 Å². The van der Waals surface area contributed by atoms with Crippen molar-refractivity contribution in [1.82, 2.24) is 15.5 Å². The average Bonchev–Trinajstić information content (AvgIpc) is 2.87. The Labute approximate surface area is 91.2 Å². The first kappa shape index (κ1) is 10.0. The Morgan fingerprint density at radius 3 is 2.93 bits per heavy atom. The maximum absolute atomic E-state index is 11.7. The highest BCUT2D eigenvalue weighted by molar-refractivity contribution is 7.80. The van der Waals surface area contributed by atoms with Gasteiger partial charge in [0.05, 0.1) is 16.9 Å². The third-order valence-corrected chi connectivity index (χ3v) is 2.86. The number of thiocarbonyl (C=S) groups is 1. The fourth-order valence-corrected chi connectivity index (χ4v) is 1.61. The summed E-state index contributed by atoms with van der Waals surface area (Å²) in [5.41, 5.74) is 4.88. The highest BCUT2D eigenvalue weighted by Gasteiger charge is 2.52. The Morgan fingerprint density at radius 1 is 1.73 bits per heavy atom. The van der Waals surface area contributed by atoms with Crippen molar-refractivity contribution in [2.75, 3.05) is 0 Å². The lowest BCUT2D eigenvalue weighted by Gasteiger charge is -2.11. The first-order valence-electron chi connectivity index (χ1n) is 4.48. The van der Waals surface area contributed by atoms with Gasteiger partial charge in [-0.3, -0.25) is 4.79 Å². The van der Waals surface area contributed by atoms with Crippen molar-refractivity contribution in [2.45, 2.75) is 19.4 Å². The van der Waals surface area contributed by atoms with Gasteiger partial charge in [-0.2, -0.15) is 4.98 Å². The number of nitrogens with one attached hydrogen (secondary N) is 1. The maximum atomic E-state index is 11.7. The summed E-state index contributed by atoms with van der Waals surface area (Å²) in [6.07, 6.45) is 2.66. The van der Waals surface area contributed by atoms with Gasteiger partial charge in [0.2, 0.25) is 12.3 Å². The number of carbonyl (C=O) groups excluding carboxylic acids is 1. The van der Waals surface area contributed by atoms with Crippen molar-refractivity contribution in [1.29, 1.82) is 0 Å². The SMILES string of the molecule is NC(=S)C1(C(=O)NCc2ncon2)CC1.